The molecule has 2 rings (SSSR count). The fourth-order valence-corrected chi connectivity index (χ4v) is 2.22. The molecule has 2 N–H and O–H groups in total. The summed E-state index contributed by atoms with van der Waals surface area (Å²) in [5, 5.41) is 21.3. The number of nitrogens with one attached hydrogen (secondary N) is 1. The Bertz CT molecular complexity index is 810. The van der Waals surface area contributed by atoms with Gasteiger partial charge < -0.3 is 15.2 Å². The Hall–Kier alpha value is -2.78. The molecule has 5 nitrogen and oxygen atoms in total. The first-order valence-corrected chi connectivity index (χ1v) is 7.38. The third-order valence-corrected chi connectivity index (χ3v) is 3.61. The predicted molar refractivity (Wildman–Crippen MR) is 91.0 cm³/mol. The quantitative estimate of drug-likeness (QED) is 0.632. The lowest BCUT2D eigenvalue weighted by Gasteiger charge is -2.06. The van der Waals surface area contributed by atoms with Crippen molar-refractivity contribution in [2.75, 3.05) is 12.4 Å². The van der Waals surface area contributed by atoms with E-state index in [0.29, 0.717) is 21.5 Å². The molecular weight excluding hydrogens is 360 g/mol. The zero-order chi connectivity index (χ0) is 16.8. The van der Waals surface area contributed by atoms with Gasteiger partial charge in [-0.3, -0.25) is 4.79 Å². The fraction of sp³-hybridized carbons (Fsp3) is 0.0588. The minimum absolute atomic E-state index is 0.0505. The van der Waals surface area contributed by atoms with Crippen LogP contribution in [0.25, 0.3) is 6.08 Å². The average molecular weight is 373 g/mol. The van der Waals surface area contributed by atoms with Crippen LogP contribution in [-0.2, 0) is 4.79 Å². The van der Waals surface area contributed by atoms with Crippen LogP contribution in [0, 0.1) is 11.3 Å². The van der Waals surface area contributed by atoms with Crippen LogP contribution in [0.4, 0.5) is 5.69 Å². The Balaban J connectivity index is 2.22. The second-order valence-electron chi connectivity index (χ2n) is 4.57. The molecule has 0 spiro atoms. The zero-order valence-corrected chi connectivity index (χ0v) is 13.8. The number of rotatable bonds is 4. The Morgan fingerprint density at radius 3 is 2.78 bits per heavy atom. The molecule has 0 saturated carbocycles. The first-order valence-electron chi connectivity index (χ1n) is 6.59. The molecule has 2 aromatic carbocycles. The Morgan fingerprint density at radius 1 is 1.35 bits per heavy atom. The molecule has 0 atom stereocenters. The van der Waals surface area contributed by atoms with Crippen molar-refractivity contribution in [2.45, 2.75) is 0 Å². The number of amides is 1. The van der Waals surface area contributed by atoms with Crippen LogP contribution in [0.1, 0.15) is 5.56 Å². The van der Waals surface area contributed by atoms with E-state index in [-0.39, 0.29) is 11.3 Å². The standard InChI is InChI=1S/C17H13BrN2O3/c1-23-14-4-2-3-13(9-14)20-17(22)12(10-19)7-11-5-6-16(21)15(18)8-11/h2-9,21H,1H3,(H,20,22)/b12-7+. The highest BCUT2D eigenvalue weighted by atomic mass is 79.9. The molecule has 0 radical (unpaired) electrons. The van der Waals surface area contributed by atoms with Crippen molar-refractivity contribution in [2.24, 2.45) is 0 Å². The van der Waals surface area contributed by atoms with E-state index in [9.17, 15) is 15.2 Å². The van der Waals surface area contributed by atoms with E-state index >= 15 is 0 Å². The van der Waals surface area contributed by atoms with Crippen LogP contribution in [0.3, 0.4) is 0 Å². The van der Waals surface area contributed by atoms with E-state index in [1.807, 2.05) is 6.07 Å². The van der Waals surface area contributed by atoms with Crippen molar-refractivity contribution in [3.63, 3.8) is 0 Å². The monoisotopic (exact) mass is 372 g/mol. The minimum Gasteiger partial charge on any atom is -0.507 e. The third-order valence-electron chi connectivity index (χ3n) is 2.98. The smallest absolute Gasteiger partial charge is 0.266 e. The molecule has 0 unspecified atom stereocenters. The van der Waals surface area contributed by atoms with Crippen molar-refractivity contribution in [1.29, 1.82) is 5.26 Å². The molecule has 0 bridgehead atoms. The molecule has 0 heterocycles. The van der Waals surface area contributed by atoms with E-state index in [2.05, 4.69) is 21.2 Å². The van der Waals surface area contributed by atoms with Crippen molar-refractivity contribution >= 4 is 33.6 Å². The zero-order valence-electron chi connectivity index (χ0n) is 12.2. The number of methoxy groups -OCH3 is 1. The van der Waals surface area contributed by atoms with Crippen LogP contribution >= 0.6 is 15.9 Å². The number of benzene rings is 2. The number of nitrogens with zero attached hydrogens (tertiary/aromatic N) is 1. The van der Waals surface area contributed by atoms with Crippen LogP contribution in [0.2, 0.25) is 0 Å². The van der Waals surface area contributed by atoms with Gasteiger partial charge in [-0.15, -0.1) is 0 Å². The van der Waals surface area contributed by atoms with Gasteiger partial charge in [0, 0.05) is 11.8 Å². The normalized spacial score (nSPS) is 10.7. The lowest BCUT2D eigenvalue weighted by molar-refractivity contribution is -0.112. The van der Waals surface area contributed by atoms with E-state index in [4.69, 9.17) is 4.74 Å². The first-order chi connectivity index (χ1) is 11.0. The number of ether oxygens (including phenoxy) is 1. The summed E-state index contributed by atoms with van der Waals surface area (Å²) in [7, 11) is 1.53. The van der Waals surface area contributed by atoms with Gasteiger partial charge >= 0.3 is 0 Å². The molecule has 0 fully saturated rings. The van der Waals surface area contributed by atoms with Gasteiger partial charge in [-0.25, -0.2) is 0 Å². The number of phenols is 1. The number of hydrogen-bond donors (Lipinski definition) is 2. The number of carbonyl (C=O) groups excluding carboxylic acids is 1. The second-order valence-corrected chi connectivity index (χ2v) is 5.42. The summed E-state index contributed by atoms with van der Waals surface area (Å²) in [6.07, 6.45) is 1.44. The van der Waals surface area contributed by atoms with E-state index < -0.39 is 5.91 Å². The highest BCUT2D eigenvalue weighted by Gasteiger charge is 2.10. The maximum atomic E-state index is 12.2. The van der Waals surface area contributed by atoms with Crippen molar-refractivity contribution in [1.82, 2.24) is 0 Å². The van der Waals surface area contributed by atoms with Crippen LogP contribution in [0.15, 0.2) is 52.5 Å². The lowest BCUT2D eigenvalue weighted by Crippen LogP contribution is -2.13. The van der Waals surface area contributed by atoms with Crippen molar-refractivity contribution in [3.05, 3.63) is 58.1 Å². The van der Waals surface area contributed by atoms with Crippen LogP contribution in [0.5, 0.6) is 11.5 Å². The number of anilines is 1. The average Bonchev–Trinajstić information content (AvgIpc) is 2.55. The number of halogens is 1. The van der Waals surface area contributed by atoms with E-state index in [1.165, 1.54) is 19.3 Å². The van der Waals surface area contributed by atoms with Gasteiger partial charge in [0.15, 0.2) is 0 Å². The Kier molecular flexibility index (Phi) is 5.39. The van der Waals surface area contributed by atoms with Crippen LogP contribution in [-0.4, -0.2) is 18.1 Å². The predicted octanol–water partition coefficient (Wildman–Crippen LogP) is 3.71. The molecule has 23 heavy (non-hydrogen) atoms. The molecule has 1 amide bonds. The second kappa shape index (κ2) is 7.47. The summed E-state index contributed by atoms with van der Waals surface area (Å²) in [4.78, 5) is 12.2. The molecule has 0 saturated heterocycles. The number of phenolic OH excluding ortho intramolecular Hbond substituents is 1. The highest BCUT2D eigenvalue weighted by molar-refractivity contribution is 9.10. The van der Waals surface area contributed by atoms with Gasteiger partial charge in [-0.05, 0) is 51.8 Å². The Labute approximate surface area is 142 Å². The van der Waals surface area contributed by atoms with Gasteiger partial charge in [-0.1, -0.05) is 12.1 Å². The largest absolute Gasteiger partial charge is 0.507 e. The van der Waals surface area contributed by atoms with Crippen molar-refractivity contribution < 1.29 is 14.6 Å². The summed E-state index contributed by atoms with van der Waals surface area (Å²) in [6, 6.07) is 13.4. The topological polar surface area (TPSA) is 82.3 Å². The molecule has 6 heteroatoms. The maximum absolute atomic E-state index is 12.2. The highest BCUT2D eigenvalue weighted by Crippen LogP contribution is 2.25. The fourth-order valence-electron chi connectivity index (χ4n) is 1.83. The number of nitriles is 1. The van der Waals surface area contributed by atoms with Gasteiger partial charge in [0.05, 0.1) is 11.6 Å². The number of hydrogen-bond acceptors (Lipinski definition) is 4. The number of aromatic hydroxyl groups is 1. The molecule has 2 aromatic rings. The summed E-state index contributed by atoms with van der Waals surface area (Å²) in [6.45, 7) is 0. The molecule has 0 aliphatic carbocycles. The molecule has 0 aromatic heterocycles. The summed E-state index contributed by atoms with van der Waals surface area (Å²) in [5.74, 6) is 0.166. The molecule has 116 valence electrons. The lowest BCUT2D eigenvalue weighted by atomic mass is 10.1. The molecular formula is C17H13BrN2O3. The van der Waals surface area contributed by atoms with E-state index in [1.54, 1.807) is 36.4 Å². The summed E-state index contributed by atoms with van der Waals surface area (Å²) in [5.41, 5.74) is 1.10. The number of carbonyl (C=O) groups is 1. The SMILES string of the molecule is COc1cccc(NC(=O)/C(C#N)=C/c2ccc(O)c(Br)c2)c1. The van der Waals surface area contributed by atoms with E-state index in [0.717, 1.165) is 0 Å². The van der Waals surface area contributed by atoms with Gasteiger partial charge in [0.2, 0.25) is 0 Å². The summed E-state index contributed by atoms with van der Waals surface area (Å²) >= 11 is 3.19. The van der Waals surface area contributed by atoms with Gasteiger partial charge in [0.1, 0.15) is 23.1 Å². The third kappa shape index (κ3) is 4.34. The van der Waals surface area contributed by atoms with Gasteiger partial charge in [0.25, 0.3) is 5.91 Å². The Morgan fingerprint density at radius 2 is 2.13 bits per heavy atom. The first kappa shape index (κ1) is 16.6. The van der Waals surface area contributed by atoms with Crippen molar-refractivity contribution in [3.8, 4) is 17.6 Å². The maximum Gasteiger partial charge on any atom is 0.266 e. The van der Waals surface area contributed by atoms with Crippen LogP contribution < -0.4 is 10.1 Å². The molecule has 0 aliphatic rings. The minimum atomic E-state index is -0.523. The van der Waals surface area contributed by atoms with Gasteiger partial charge in [-0.2, -0.15) is 5.26 Å². The summed E-state index contributed by atoms with van der Waals surface area (Å²) < 4.78 is 5.57. The molecule has 0 aliphatic heterocycles.